The summed E-state index contributed by atoms with van der Waals surface area (Å²) < 4.78 is 5.23. The zero-order valence-electron chi connectivity index (χ0n) is 12.0. The summed E-state index contributed by atoms with van der Waals surface area (Å²) in [5.41, 5.74) is 5.99. The Morgan fingerprint density at radius 1 is 1.42 bits per heavy atom. The van der Waals surface area contributed by atoms with Gasteiger partial charge in [0.25, 0.3) is 0 Å². The second-order valence-corrected chi connectivity index (χ2v) is 5.70. The molecule has 1 aromatic heterocycles. The Balaban J connectivity index is 0.00000180. The van der Waals surface area contributed by atoms with E-state index in [4.69, 9.17) is 10.3 Å². The number of nitrogens with zero attached hydrogens (tertiary/aromatic N) is 3. The molecule has 0 radical (unpaired) electrons. The van der Waals surface area contributed by atoms with Crippen molar-refractivity contribution in [1.82, 2.24) is 15.0 Å². The Morgan fingerprint density at radius 2 is 2.16 bits per heavy atom. The number of aromatic nitrogens is 2. The lowest BCUT2D eigenvalue weighted by atomic mass is 9.92. The van der Waals surface area contributed by atoms with Crippen LogP contribution in [0.1, 0.15) is 51.2 Å². The van der Waals surface area contributed by atoms with Crippen LogP contribution in [0.4, 0.5) is 0 Å². The zero-order chi connectivity index (χ0) is 13.1. The normalized spacial score (nSPS) is 22.3. The molecule has 2 unspecified atom stereocenters. The summed E-state index contributed by atoms with van der Waals surface area (Å²) in [5.74, 6) is 2.41. The highest BCUT2D eigenvalue weighted by Gasteiger charge is 2.23. The monoisotopic (exact) mass is 288 g/mol. The van der Waals surface area contributed by atoms with Gasteiger partial charge < -0.3 is 10.3 Å². The van der Waals surface area contributed by atoms with E-state index in [2.05, 4.69) is 35.8 Å². The number of halogens is 1. The molecule has 2 N–H and O–H groups in total. The topological polar surface area (TPSA) is 68.2 Å². The maximum atomic E-state index is 5.99. The predicted octanol–water partition coefficient (Wildman–Crippen LogP) is 2.17. The molecule has 110 valence electrons. The minimum absolute atomic E-state index is 0. The highest BCUT2D eigenvalue weighted by Crippen LogP contribution is 2.20. The van der Waals surface area contributed by atoms with Gasteiger partial charge in [-0.05, 0) is 32.2 Å². The van der Waals surface area contributed by atoms with E-state index < -0.39 is 0 Å². The standard InChI is InChI=1S/C13H24N4O.ClH/c1-9(2)13-15-12(16-18-13)8-17-6-4-5-11(7-17)10(3)14;/h9-11H,4-8,14H2,1-3H3;1H. The lowest BCUT2D eigenvalue weighted by molar-refractivity contribution is 0.150. The van der Waals surface area contributed by atoms with Crippen molar-refractivity contribution in [1.29, 1.82) is 0 Å². The summed E-state index contributed by atoms with van der Waals surface area (Å²) in [6.07, 6.45) is 2.44. The Morgan fingerprint density at radius 3 is 2.74 bits per heavy atom. The van der Waals surface area contributed by atoms with E-state index in [0.29, 0.717) is 11.8 Å². The lowest BCUT2D eigenvalue weighted by Gasteiger charge is -2.33. The van der Waals surface area contributed by atoms with Crippen molar-refractivity contribution < 1.29 is 4.52 Å². The molecule has 0 amide bonds. The van der Waals surface area contributed by atoms with Gasteiger partial charge in [-0.3, -0.25) is 4.90 Å². The molecule has 19 heavy (non-hydrogen) atoms. The van der Waals surface area contributed by atoms with Crippen molar-refractivity contribution in [3.05, 3.63) is 11.7 Å². The van der Waals surface area contributed by atoms with Gasteiger partial charge in [-0.15, -0.1) is 12.4 Å². The molecule has 5 nitrogen and oxygen atoms in total. The van der Waals surface area contributed by atoms with Crippen LogP contribution in [-0.2, 0) is 6.54 Å². The molecule has 1 aromatic rings. The first-order valence-corrected chi connectivity index (χ1v) is 6.86. The van der Waals surface area contributed by atoms with E-state index in [9.17, 15) is 0 Å². The SMILES string of the molecule is CC(C)c1nc(CN2CCCC(C(C)N)C2)no1.Cl. The molecular weight excluding hydrogens is 264 g/mol. The molecule has 0 bridgehead atoms. The first-order valence-electron chi connectivity index (χ1n) is 6.86. The van der Waals surface area contributed by atoms with E-state index in [-0.39, 0.29) is 18.4 Å². The van der Waals surface area contributed by atoms with Crippen molar-refractivity contribution in [2.75, 3.05) is 13.1 Å². The zero-order valence-corrected chi connectivity index (χ0v) is 12.8. The third kappa shape index (κ3) is 4.44. The number of piperidine rings is 1. The van der Waals surface area contributed by atoms with Gasteiger partial charge in [-0.1, -0.05) is 19.0 Å². The predicted molar refractivity (Wildman–Crippen MR) is 77.3 cm³/mol. The fourth-order valence-electron chi connectivity index (χ4n) is 2.43. The van der Waals surface area contributed by atoms with Crippen molar-refractivity contribution in [3.63, 3.8) is 0 Å². The second-order valence-electron chi connectivity index (χ2n) is 5.70. The van der Waals surface area contributed by atoms with Gasteiger partial charge in [-0.25, -0.2) is 0 Å². The molecule has 2 rings (SSSR count). The minimum Gasteiger partial charge on any atom is -0.339 e. The van der Waals surface area contributed by atoms with Crippen LogP contribution >= 0.6 is 12.4 Å². The number of nitrogens with two attached hydrogens (primary N) is 1. The number of likely N-dealkylation sites (tertiary alicyclic amines) is 1. The summed E-state index contributed by atoms with van der Waals surface area (Å²) >= 11 is 0. The van der Waals surface area contributed by atoms with Gasteiger partial charge in [0.2, 0.25) is 5.89 Å². The van der Waals surface area contributed by atoms with Crippen LogP contribution in [0.15, 0.2) is 4.52 Å². The highest BCUT2D eigenvalue weighted by molar-refractivity contribution is 5.85. The maximum absolute atomic E-state index is 5.99. The van der Waals surface area contributed by atoms with E-state index in [1.807, 2.05) is 0 Å². The summed E-state index contributed by atoms with van der Waals surface area (Å²) in [5, 5.41) is 4.04. The first kappa shape index (κ1) is 16.4. The lowest BCUT2D eigenvalue weighted by Crippen LogP contribution is -2.42. The van der Waals surface area contributed by atoms with Gasteiger partial charge in [0, 0.05) is 18.5 Å². The highest BCUT2D eigenvalue weighted by atomic mass is 35.5. The summed E-state index contributed by atoms with van der Waals surface area (Å²) in [7, 11) is 0. The quantitative estimate of drug-likeness (QED) is 0.920. The number of rotatable bonds is 4. The largest absolute Gasteiger partial charge is 0.339 e. The number of hydrogen-bond donors (Lipinski definition) is 1. The van der Waals surface area contributed by atoms with Gasteiger partial charge in [0.1, 0.15) is 0 Å². The van der Waals surface area contributed by atoms with E-state index in [0.717, 1.165) is 31.3 Å². The fraction of sp³-hybridized carbons (Fsp3) is 0.846. The van der Waals surface area contributed by atoms with Gasteiger partial charge in [0.15, 0.2) is 5.82 Å². The van der Waals surface area contributed by atoms with Crippen molar-refractivity contribution in [2.45, 2.75) is 52.1 Å². The summed E-state index contributed by atoms with van der Waals surface area (Å²) in [4.78, 5) is 6.80. The van der Waals surface area contributed by atoms with Gasteiger partial charge >= 0.3 is 0 Å². The van der Waals surface area contributed by atoms with Crippen molar-refractivity contribution in [3.8, 4) is 0 Å². The van der Waals surface area contributed by atoms with Crippen LogP contribution in [0.25, 0.3) is 0 Å². The van der Waals surface area contributed by atoms with E-state index in [1.54, 1.807) is 0 Å². The third-order valence-electron chi connectivity index (χ3n) is 3.63. The van der Waals surface area contributed by atoms with E-state index in [1.165, 1.54) is 12.8 Å². The molecule has 1 fully saturated rings. The van der Waals surface area contributed by atoms with Crippen LogP contribution < -0.4 is 5.73 Å². The molecule has 0 saturated carbocycles. The fourth-order valence-corrected chi connectivity index (χ4v) is 2.43. The molecule has 0 spiro atoms. The average Bonchev–Trinajstić information content (AvgIpc) is 2.78. The van der Waals surface area contributed by atoms with E-state index >= 15 is 0 Å². The first-order chi connectivity index (χ1) is 8.56. The molecule has 2 atom stereocenters. The third-order valence-corrected chi connectivity index (χ3v) is 3.63. The molecule has 1 saturated heterocycles. The smallest absolute Gasteiger partial charge is 0.229 e. The maximum Gasteiger partial charge on any atom is 0.229 e. The average molecular weight is 289 g/mol. The molecule has 1 aliphatic rings. The Kier molecular flexibility index (Phi) is 6.23. The molecule has 0 aliphatic carbocycles. The van der Waals surface area contributed by atoms with Crippen LogP contribution in [0.2, 0.25) is 0 Å². The second kappa shape index (κ2) is 7.22. The van der Waals surface area contributed by atoms with Crippen LogP contribution in [0, 0.1) is 5.92 Å². The molecule has 6 heteroatoms. The molecular formula is C13H25ClN4O. The van der Waals surface area contributed by atoms with Crippen molar-refractivity contribution in [2.24, 2.45) is 11.7 Å². The van der Waals surface area contributed by atoms with Gasteiger partial charge in [-0.2, -0.15) is 4.98 Å². The van der Waals surface area contributed by atoms with Crippen LogP contribution in [0.3, 0.4) is 0 Å². The molecule has 0 aromatic carbocycles. The Labute approximate surface area is 121 Å². The molecule has 1 aliphatic heterocycles. The van der Waals surface area contributed by atoms with Crippen molar-refractivity contribution >= 4 is 12.4 Å². The van der Waals surface area contributed by atoms with Crippen LogP contribution in [-0.4, -0.2) is 34.2 Å². The minimum atomic E-state index is 0. The Hall–Kier alpha value is -0.650. The summed E-state index contributed by atoms with van der Waals surface area (Å²) in [6, 6.07) is 0.268. The summed E-state index contributed by atoms with van der Waals surface area (Å²) in [6.45, 7) is 9.14. The number of hydrogen-bond acceptors (Lipinski definition) is 5. The van der Waals surface area contributed by atoms with Gasteiger partial charge in [0.05, 0.1) is 6.54 Å². The Bertz CT molecular complexity index is 380. The molecule has 2 heterocycles. The van der Waals surface area contributed by atoms with Crippen LogP contribution in [0.5, 0.6) is 0 Å².